The molecule has 35 heavy (non-hydrogen) atoms. The van der Waals surface area contributed by atoms with E-state index in [2.05, 4.69) is 25.6 Å². The highest BCUT2D eigenvalue weighted by molar-refractivity contribution is 7.13. The van der Waals surface area contributed by atoms with Gasteiger partial charge in [-0.15, -0.1) is 11.3 Å². The second kappa shape index (κ2) is 11.4. The van der Waals surface area contributed by atoms with Crippen LogP contribution in [-0.4, -0.2) is 77.5 Å². The van der Waals surface area contributed by atoms with Crippen LogP contribution in [-0.2, 0) is 4.79 Å². The van der Waals surface area contributed by atoms with Crippen molar-refractivity contribution in [1.29, 1.82) is 0 Å². The maximum absolute atomic E-state index is 13.1. The molecule has 3 heterocycles. The maximum Gasteiger partial charge on any atom is 0.273 e. The molecule has 4 rings (SSSR count). The summed E-state index contributed by atoms with van der Waals surface area (Å²) >= 11 is 1.25. The predicted molar refractivity (Wildman–Crippen MR) is 127 cm³/mol. The van der Waals surface area contributed by atoms with Crippen LogP contribution in [0.15, 0.2) is 42.0 Å². The zero-order chi connectivity index (χ0) is 24.6. The summed E-state index contributed by atoms with van der Waals surface area (Å²) in [5, 5.41) is 7.72. The molecule has 182 valence electrons. The summed E-state index contributed by atoms with van der Waals surface area (Å²) in [4.78, 5) is 52.5. The van der Waals surface area contributed by atoms with Gasteiger partial charge in [0.2, 0.25) is 5.91 Å². The second-order valence-corrected chi connectivity index (χ2v) is 8.37. The first-order valence-electron chi connectivity index (χ1n) is 10.9. The number of hydrogen-bond acceptors (Lipinski definition) is 9. The molecule has 12 heteroatoms. The molecule has 0 aliphatic carbocycles. The summed E-state index contributed by atoms with van der Waals surface area (Å²) < 4.78 is 10.9. The van der Waals surface area contributed by atoms with Crippen LogP contribution >= 0.6 is 11.3 Å². The number of hydrogen-bond donors (Lipinski definition) is 2. The third-order valence-electron chi connectivity index (χ3n) is 5.11. The highest BCUT2D eigenvalue weighted by Crippen LogP contribution is 2.25. The van der Waals surface area contributed by atoms with Crippen molar-refractivity contribution in [3.63, 3.8) is 0 Å². The molecule has 1 aliphatic rings. The molecular weight excluding hydrogens is 472 g/mol. The second-order valence-electron chi connectivity index (χ2n) is 7.51. The largest absolute Gasteiger partial charge is 0.497 e. The number of thiazole rings is 1. The van der Waals surface area contributed by atoms with Gasteiger partial charge in [0.25, 0.3) is 11.8 Å². The topological polar surface area (TPSA) is 136 Å². The Morgan fingerprint density at radius 2 is 2.00 bits per heavy atom. The standard InChI is InChI=1S/C23H24N6O5S/c1-33-15-4-5-16-18(12-15)34-11-9-24-19(30)13-29(10-3-8-27-21(16)31)23(32)17-14-35-22(28-17)20-25-6-2-7-26-20/h2,4-7,12,14H,3,8-11,13H2,1H3,(H,24,30)(H,27,31). The van der Waals surface area contributed by atoms with Gasteiger partial charge in [-0.2, -0.15) is 0 Å². The Morgan fingerprint density at radius 1 is 1.17 bits per heavy atom. The maximum atomic E-state index is 13.1. The molecule has 0 saturated carbocycles. The predicted octanol–water partition coefficient (Wildman–Crippen LogP) is 1.38. The lowest BCUT2D eigenvalue weighted by Gasteiger charge is -2.22. The molecule has 1 aliphatic heterocycles. The summed E-state index contributed by atoms with van der Waals surface area (Å²) in [6.07, 6.45) is 3.64. The monoisotopic (exact) mass is 496 g/mol. The average molecular weight is 497 g/mol. The highest BCUT2D eigenvalue weighted by atomic mass is 32.1. The van der Waals surface area contributed by atoms with Gasteiger partial charge in [0, 0.05) is 36.9 Å². The van der Waals surface area contributed by atoms with E-state index in [0.717, 1.165) is 0 Å². The fourth-order valence-electron chi connectivity index (χ4n) is 3.38. The Morgan fingerprint density at radius 3 is 2.80 bits per heavy atom. The third kappa shape index (κ3) is 6.09. The minimum absolute atomic E-state index is 0.139. The number of ether oxygens (including phenoxy) is 2. The molecule has 3 amide bonds. The fraction of sp³-hybridized carbons (Fsp3) is 0.304. The molecule has 1 aromatic carbocycles. The molecule has 0 unspecified atom stereocenters. The smallest absolute Gasteiger partial charge is 0.273 e. The molecule has 0 spiro atoms. The lowest BCUT2D eigenvalue weighted by atomic mass is 10.1. The molecule has 3 aromatic rings. The highest BCUT2D eigenvalue weighted by Gasteiger charge is 2.23. The van der Waals surface area contributed by atoms with Crippen LogP contribution in [0.4, 0.5) is 0 Å². The van der Waals surface area contributed by atoms with E-state index in [1.807, 2.05) is 0 Å². The summed E-state index contributed by atoms with van der Waals surface area (Å²) in [6.45, 7) is 0.750. The van der Waals surface area contributed by atoms with Crippen LogP contribution in [0.2, 0.25) is 0 Å². The number of methoxy groups -OCH3 is 1. The van der Waals surface area contributed by atoms with Crippen molar-refractivity contribution >= 4 is 29.1 Å². The van der Waals surface area contributed by atoms with E-state index in [9.17, 15) is 14.4 Å². The zero-order valence-corrected chi connectivity index (χ0v) is 19.8. The number of amides is 3. The van der Waals surface area contributed by atoms with Crippen LogP contribution < -0.4 is 20.1 Å². The summed E-state index contributed by atoms with van der Waals surface area (Å²) in [5.41, 5.74) is 0.571. The van der Waals surface area contributed by atoms with Crippen LogP contribution in [0.3, 0.4) is 0 Å². The van der Waals surface area contributed by atoms with Crippen molar-refractivity contribution in [1.82, 2.24) is 30.5 Å². The normalized spacial score (nSPS) is 15.2. The van der Waals surface area contributed by atoms with E-state index in [0.29, 0.717) is 40.9 Å². The minimum atomic E-state index is -0.384. The van der Waals surface area contributed by atoms with Crippen molar-refractivity contribution in [2.75, 3.05) is 39.9 Å². The molecule has 0 bridgehead atoms. The molecular formula is C23H24N6O5S. The number of carbonyl (C=O) groups is 3. The molecule has 0 radical (unpaired) electrons. The fourth-order valence-corrected chi connectivity index (χ4v) is 4.12. The third-order valence-corrected chi connectivity index (χ3v) is 5.95. The Kier molecular flexibility index (Phi) is 7.83. The van der Waals surface area contributed by atoms with Gasteiger partial charge in [-0.25, -0.2) is 15.0 Å². The van der Waals surface area contributed by atoms with Gasteiger partial charge in [-0.1, -0.05) is 0 Å². The lowest BCUT2D eigenvalue weighted by molar-refractivity contribution is -0.121. The molecule has 2 N–H and O–H groups in total. The van der Waals surface area contributed by atoms with Crippen molar-refractivity contribution in [3.8, 4) is 22.3 Å². The number of nitrogens with zero attached hydrogens (tertiary/aromatic N) is 4. The first-order valence-corrected chi connectivity index (χ1v) is 11.8. The van der Waals surface area contributed by atoms with E-state index < -0.39 is 0 Å². The van der Waals surface area contributed by atoms with Crippen molar-refractivity contribution < 1.29 is 23.9 Å². The number of aromatic nitrogens is 3. The SMILES string of the molecule is COc1ccc2c(c1)OCCNC(=O)CN(C(=O)c1csc(-c3ncccn3)n1)CCCNC2=O. The Bertz CT molecular complexity index is 1200. The van der Waals surface area contributed by atoms with Crippen LogP contribution in [0, 0.1) is 0 Å². The molecule has 11 nitrogen and oxygen atoms in total. The number of fused-ring (bicyclic) bond motifs is 1. The molecule has 2 aromatic heterocycles. The molecule has 0 atom stereocenters. The molecule has 0 fully saturated rings. The quantitative estimate of drug-likeness (QED) is 0.555. The van der Waals surface area contributed by atoms with E-state index in [4.69, 9.17) is 9.47 Å². The van der Waals surface area contributed by atoms with Gasteiger partial charge in [0.05, 0.1) is 25.8 Å². The Balaban J connectivity index is 1.47. The molecule has 0 saturated heterocycles. The number of carbonyl (C=O) groups excluding carboxylic acids is 3. The van der Waals surface area contributed by atoms with Gasteiger partial charge in [-0.05, 0) is 24.6 Å². The zero-order valence-electron chi connectivity index (χ0n) is 19.0. The summed E-state index contributed by atoms with van der Waals surface area (Å²) in [5.74, 6) is 0.345. The number of rotatable bonds is 3. The number of benzene rings is 1. The average Bonchev–Trinajstić information content (AvgIpc) is 3.38. The van der Waals surface area contributed by atoms with Crippen LogP contribution in [0.5, 0.6) is 11.5 Å². The summed E-state index contributed by atoms with van der Waals surface area (Å²) in [7, 11) is 1.53. The van der Waals surface area contributed by atoms with Gasteiger partial charge in [0.15, 0.2) is 10.8 Å². The van der Waals surface area contributed by atoms with E-state index in [1.165, 1.54) is 23.3 Å². The minimum Gasteiger partial charge on any atom is -0.497 e. The number of nitrogens with one attached hydrogen (secondary N) is 2. The first kappa shape index (κ1) is 24.1. The van der Waals surface area contributed by atoms with Gasteiger partial charge in [-0.3, -0.25) is 14.4 Å². The van der Waals surface area contributed by atoms with Crippen molar-refractivity contribution in [2.24, 2.45) is 0 Å². The van der Waals surface area contributed by atoms with E-state index in [-0.39, 0.29) is 49.7 Å². The first-order chi connectivity index (χ1) is 17.0. The Labute approximate surface area is 205 Å². The van der Waals surface area contributed by atoms with Crippen molar-refractivity contribution in [3.05, 3.63) is 53.3 Å². The van der Waals surface area contributed by atoms with E-state index >= 15 is 0 Å². The van der Waals surface area contributed by atoms with Crippen LogP contribution in [0.1, 0.15) is 27.3 Å². The van der Waals surface area contributed by atoms with E-state index in [1.54, 1.807) is 42.0 Å². The van der Waals surface area contributed by atoms with Gasteiger partial charge in [0.1, 0.15) is 23.8 Å². The lowest BCUT2D eigenvalue weighted by Crippen LogP contribution is -2.43. The van der Waals surface area contributed by atoms with Crippen LogP contribution in [0.25, 0.3) is 10.8 Å². The summed E-state index contributed by atoms with van der Waals surface area (Å²) in [6, 6.07) is 6.63. The van der Waals surface area contributed by atoms with Gasteiger partial charge < -0.3 is 25.0 Å². The Hall–Kier alpha value is -4.06. The van der Waals surface area contributed by atoms with Crippen molar-refractivity contribution in [2.45, 2.75) is 6.42 Å². The van der Waals surface area contributed by atoms with Gasteiger partial charge >= 0.3 is 0 Å².